The van der Waals surface area contributed by atoms with Crippen molar-refractivity contribution >= 4 is 0 Å². The number of rotatable bonds is 0. The van der Waals surface area contributed by atoms with E-state index in [0.717, 1.165) is 0 Å². The van der Waals surface area contributed by atoms with Crippen molar-refractivity contribution in [3.63, 3.8) is 0 Å². The molecule has 0 saturated carbocycles. The van der Waals surface area contributed by atoms with Crippen LogP contribution in [0.2, 0.25) is 0 Å². The molecular formula is H9Fe2O8+8. The zero-order valence-electron chi connectivity index (χ0n) is 7.23. The van der Waals surface area contributed by atoms with Crippen molar-refractivity contribution in [3.8, 4) is 0 Å². The molecule has 0 saturated heterocycles. The Morgan fingerprint density at radius 3 is 0.800 bits per heavy atom. The molecule has 0 aromatic heterocycles. The van der Waals surface area contributed by atoms with E-state index >= 15 is 0 Å². The van der Waals surface area contributed by atoms with Gasteiger partial charge in [-0.2, -0.15) is 0 Å². The summed E-state index contributed by atoms with van der Waals surface area (Å²) in [6.07, 6.45) is 0. The van der Waals surface area contributed by atoms with E-state index in [1.807, 2.05) is 0 Å². The molecule has 0 amide bonds. The molecule has 0 aromatic carbocycles. The molecule has 65 valence electrons. The van der Waals surface area contributed by atoms with Gasteiger partial charge in [0.25, 0.3) is 0 Å². The van der Waals surface area contributed by atoms with E-state index < -0.39 is 0 Å². The molecule has 0 atom stereocenters. The smallest absolute Gasteiger partial charge is 0.412 e. The molecule has 10 heteroatoms. The van der Waals surface area contributed by atoms with Gasteiger partial charge in [0.15, 0.2) is 0 Å². The third-order valence-electron chi connectivity index (χ3n) is 0. The van der Waals surface area contributed by atoms with Gasteiger partial charge in [0.1, 0.15) is 0 Å². The largest absolute Gasteiger partial charge is 3.00 e. The van der Waals surface area contributed by atoms with Gasteiger partial charge in [0, 0.05) is 19.9 Å². The van der Waals surface area contributed by atoms with Crippen molar-refractivity contribution in [1.82, 2.24) is 0 Å². The van der Waals surface area contributed by atoms with Crippen LogP contribution in [0.3, 0.4) is 0 Å². The van der Waals surface area contributed by atoms with Crippen molar-refractivity contribution < 1.29 is 59.9 Å². The van der Waals surface area contributed by atoms with Crippen molar-refractivity contribution in [1.29, 1.82) is 0 Å². The summed E-state index contributed by atoms with van der Waals surface area (Å²) in [6.45, 7) is 0. The second-order valence-electron chi connectivity index (χ2n) is 0. The molecule has 0 heterocycles. The quantitative estimate of drug-likeness (QED) is 0.311. The van der Waals surface area contributed by atoms with Gasteiger partial charge >= 0.3 is 38.4 Å². The minimum atomic E-state index is 0. The molecule has 0 aromatic rings. The van der Waals surface area contributed by atoms with Gasteiger partial charge in [0.05, 0.1) is 0 Å². The molecule has 0 bridgehead atoms. The summed E-state index contributed by atoms with van der Waals surface area (Å²) in [5.41, 5.74) is 0. The Kier molecular flexibility index (Phi) is 833000. The molecule has 0 fully saturated rings. The summed E-state index contributed by atoms with van der Waals surface area (Å²) >= 11 is 0. The minimum absolute atomic E-state index is 0. The fourth-order valence-electron chi connectivity index (χ4n) is 0. The Labute approximate surface area is 80.4 Å². The maximum Gasteiger partial charge on any atom is 3.00 e. The Morgan fingerprint density at radius 1 is 0.800 bits per heavy atom. The molecule has 6 N–H and O–H groups in total. The van der Waals surface area contributed by atoms with Gasteiger partial charge < -0.3 is 11.0 Å². The summed E-state index contributed by atoms with van der Waals surface area (Å²) in [7, 11) is 0. The van der Waals surface area contributed by atoms with Crippen LogP contribution in [-0.2, 0) is 34.1 Å². The molecule has 0 aliphatic heterocycles. The molecule has 0 aliphatic carbocycles. The van der Waals surface area contributed by atoms with Gasteiger partial charge in [0.2, 0.25) is 0 Å². The van der Waals surface area contributed by atoms with Crippen LogP contribution in [0.25, 0.3) is 0 Å². The van der Waals surface area contributed by atoms with Crippen LogP contribution >= 0.6 is 0 Å². The standard InChI is InChI=1S/2Fe.H2O2.2O2.2H2O/c;;3*1-2;;/h;;1-2H;;;2*1H2/q+2;+3;;;;;/p+3. The molecule has 1 radical (unpaired) electrons. The van der Waals surface area contributed by atoms with Gasteiger partial charge in [-0.25, -0.2) is 0 Å². The molecule has 0 rings (SSSR count). The van der Waals surface area contributed by atoms with Crippen LogP contribution in [0.1, 0.15) is 4.28 Å². The van der Waals surface area contributed by atoms with Crippen LogP contribution in [0.4, 0.5) is 0 Å². The van der Waals surface area contributed by atoms with Gasteiger partial charge in [-0.15, -0.1) is 0 Å². The summed E-state index contributed by atoms with van der Waals surface area (Å²) in [6, 6.07) is 0. The van der Waals surface area contributed by atoms with Crippen LogP contribution in [0, 0.1) is 19.9 Å². The Hall–Kier alpha value is 0.0790. The second-order valence-corrected chi connectivity index (χ2v) is 0. The maximum atomic E-state index is 7.00. The Bertz CT molecular complexity index is 19.4. The molecule has 0 unspecified atom stereocenters. The average Bonchev–Trinajstić information content (AvgIpc) is 1.81. The molecular weight excluding hydrogens is 240 g/mol. The first kappa shape index (κ1) is 87.6. The first-order chi connectivity index (χ1) is 3.00. The molecule has 0 spiro atoms. The van der Waals surface area contributed by atoms with Crippen LogP contribution in [-0.4, -0.2) is 21.5 Å². The summed E-state index contributed by atoms with van der Waals surface area (Å²) < 4.78 is 0. The van der Waals surface area contributed by atoms with Crippen molar-refractivity contribution in [3.05, 3.63) is 19.9 Å². The van der Waals surface area contributed by atoms with E-state index in [1.165, 1.54) is 0 Å². The second kappa shape index (κ2) is 95000. The van der Waals surface area contributed by atoms with E-state index in [0.29, 0.717) is 0 Å². The number of hydrogen-bond donors (Lipinski definition) is 2. The van der Waals surface area contributed by atoms with Gasteiger partial charge in [-0.3, -0.25) is 10.5 Å². The van der Waals surface area contributed by atoms with Crippen LogP contribution < -0.4 is 0 Å². The van der Waals surface area contributed by atoms with Crippen LogP contribution in [0.15, 0.2) is 0 Å². The average molecular weight is 249 g/mol. The Morgan fingerprint density at radius 2 is 0.800 bits per heavy atom. The predicted octanol–water partition coefficient (Wildman–Crippen LogP) is -1.17. The summed E-state index contributed by atoms with van der Waals surface area (Å²) in [5.74, 6) is 0. The van der Waals surface area contributed by atoms with Crippen molar-refractivity contribution in [2.75, 3.05) is 0 Å². The molecule has 8 nitrogen and oxygen atoms in total. The normalized spacial score (nSPS) is 1.40. The van der Waals surface area contributed by atoms with E-state index in [2.05, 4.69) is 0 Å². The van der Waals surface area contributed by atoms with E-state index in [9.17, 15) is 0 Å². The Balaban J connectivity index is -0.00000000102. The van der Waals surface area contributed by atoms with Crippen molar-refractivity contribution in [2.45, 2.75) is 0 Å². The SMILES string of the molecule is O.O.O=O.O=O.OO.[Fe+2].[Fe+3].[H+].[H+].[H+]. The summed E-state index contributed by atoms with van der Waals surface area (Å²) in [5, 5.41) is 12.0. The zero-order chi connectivity index (χ0) is 6.00. The first-order valence-corrected chi connectivity index (χ1v) is 0.533. The monoisotopic (exact) mass is 249 g/mol. The predicted molar refractivity (Wildman–Crippen MR) is 29.3 cm³/mol. The van der Waals surface area contributed by atoms with Gasteiger partial charge in [-0.1, -0.05) is 0 Å². The van der Waals surface area contributed by atoms with E-state index in [-0.39, 0.29) is 49.4 Å². The summed E-state index contributed by atoms with van der Waals surface area (Å²) in [4.78, 5) is 28.0. The maximum absolute atomic E-state index is 7.00. The third kappa shape index (κ3) is 64900. The molecule has 0 aliphatic rings. The van der Waals surface area contributed by atoms with Crippen molar-refractivity contribution in [2.24, 2.45) is 0 Å². The van der Waals surface area contributed by atoms with Gasteiger partial charge in [-0.05, 0) is 0 Å². The first-order valence-electron chi connectivity index (χ1n) is 0.533. The zero-order valence-corrected chi connectivity index (χ0v) is 6.44. The van der Waals surface area contributed by atoms with Crippen LogP contribution in [0.5, 0.6) is 0 Å². The van der Waals surface area contributed by atoms with E-state index in [4.69, 9.17) is 30.4 Å². The fourth-order valence-corrected chi connectivity index (χ4v) is 0. The van der Waals surface area contributed by atoms with E-state index in [1.54, 1.807) is 0 Å². The number of hydrogen-bond acceptors (Lipinski definition) is 6. The third-order valence-corrected chi connectivity index (χ3v) is 0. The molecule has 10 heavy (non-hydrogen) atoms. The fraction of sp³-hybridized carbons (Fsp3) is 0. The topological polar surface area (TPSA) is 172 Å². The minimum Gasteiger partial charge on any atom is -0.412 e.